The highest BCUT2D eigenvalue weighted by atomic mass is 16.5. The third-order valence-corrected chi connectivity index (χ3v) is 4.46. The van der Waals surface area contributed by atoms with Crippen molar-refractivity contribution in [1.29, 1.82) is 0 Å². The van der Waals surface area contributed by atoms with Crippen molar-refractivity contribution in [3.63, 3.8) is 0 Å². The maximum absolute atomic E-state index is 6.08. The average Bonchev–Trinajstić information content (AvgIpc) is 2.77. The molecule has 0 bridgehead atoms. The van der Waals surface area contributed by atoms with Crippen molar-refractivity contribution in [3.05, 3.63) is 108 Å². The summed E-state index contributed by atoms with van der Waals surface area (Å²) in [6.45, 7) is 3.65. The molecule has 3 nitrogen and oxygen atoms in total. The zero-order chi connectivity index (χ0) is 19.4. The standard InChI is InChI=1S/C25H27NO2/c1-21(24-15-9-4-10-16-24)26-17-25(28-19-23-13-7-3-8-14-23)20-27-18-22-11-5-2-6-12-22/h2-17,21,25H,18-20H2,1H3/t21-,25-/m1/s1. The maximum atomic E-state index is 6.08. The number of hydrogen-bond acceptors (Lipinski definition) is 3. The van der Waals surface area contributed by atoms with E-state index in [4.69, 9.17) is 14.5 Å². The highest BCUT2D eigenvalue weighted by Crippen LogP contribution is 2.15. The summed E-state index contributed by atoms with van der Waals surface area (Å²) in [5.74, 6) is 0. The lowest BCUT2D eigenvalue weighted by atomic mass is 10.1. The molecule has 0 aliphatic heterocycles. The van der Waals surface area contributed by atoms with E-state index in [-0.39, 0.29) is 12.1 Å². The Morgan fingerprint density at radius 3 is 1.89 bits per heavy atom. The van der Waals surface area contributed by atoms with Crippen molar-refractivity contribution in [3.8, 4) is 0 Å². The first-order valence-electron chi connectivity index (χ1n) is 9.66. The highest BCUT2D eigenvalue weighted by Gasteiger charge is 2.09. The quantitative estimate of drug-likeness (QED) is 0.432. The van der Waals surface area contributed by atoms with E-state index in [1.165, 1.54) is 5.56 Å². The minimum absolute atomic E-state index is 0.0816. The monoisotopic (exact) mass is 373 g/mol. The fourth-order valence-corrected chi connectivity index (χ4v) is 2.82. The summed E-state index contributed by atoms with van der Waals surface area (Å²) < 4.78 is 12.0. The van der Waals surface area contributed by atoms with Crippen LogP contribution in [0.4, 0.5) is 0 Å². The van der Waals surface area contributed by atoms with Crippen molar-refractivity contribution in [2.24, 2.45) is 4.99 Å². The molecule has 0 aliphatic rings. The summed E-state index contributed by atoms with van der Waals surface area (Å²) in [6, 6.07) is 30.7. The molecule has 3 aromatic carbocycles. The number of benzene rings is 3. The Bertz CT molecular complexity index is 819. The first-order chi connectivity index (χ1) is 13.8. The van der Waals surface area contributed by atoms with E-state index in [1.54, 1.807) is 0 Å². The predicted octanol–water partition coefficient (Wildman–Crippen LogP) is 5.62. The van der Waals surface area contributed by atoms with Gasteiger partial charge in [0.05, 0.1) is 25.9 Å². The zero-order valence-corrected chi connectivity index (χ0v) is 16.3. The average molecular weight is 373 g/mol. The molecule has 0 aliphatic carbocycles. The number of aliphatic imine (C=N–C) groups is 1. The van der Waals surface area contributed by atoms with Crippen LogP contribution in [0.25, 0.3) is 0 Å². The van der Waals surface area contributed by atoms with Gasteiger partial charge in [0, 0.05) is 6.21 Å². The van der Waals surface area contributed by atoms with E-state index in [9.17, 15) is 0 Å². The molecule has 0 spiro atoms. The Balaban J connectivity index is 1.58. The maximum Gasteiger partial charge on any atom is 0.116 e. The summed E-state index contributed by atoms with van der Waals surface area (Å²) in [5.41, 5.74) is 3.48. The minimum atomic E-state index is -0.199. The lowest BCUT2D eigenvalue weighted by molar-refractivity contribution is 0.00638. The molecule has 0 N–H and O–H groups in total. The molecule has 0 saturated heterocycles. The highest BCUT2D eigenvalue weighted by molar-refractivity contribution is 5.63. The molecule has 3 aromatic rings. The third-order valence-electron chi connectivity index (χ3n) is 4.46. The summed E-state index contributed by atoms with van der Waals surface area (Å²) in [4.78, 5) is 4.70. The lowest BCUT2D eigenvalue weighted by Crippen LogP contribution is -2.22. The van der Waals surface area contributed by atoms with Gasteiger partial charge in [-0.2, -0.15) is 0 Å². The van der Waals surface area contributed by atoms with Crippen molar-refractivity contribution >= 4 is 6.21 Å². The topological polar surface area (TPSA) is 30.8 Å². The number of ether oxygens (including phenoxy) is 2. The molecule has 0 aromatic heterocycles. The Morgan fingerprint density at radius 1 is 0.750 bits per heavy atom. The predicted molar refractivity (Wildman–Crippen MR) is 114 cm³/mol. The van der Waals surface area contributed by atoms with Gasteiger partial charge in [0.15, 0.2) is 0 Å². The second-order valence-electron chi connectivity index (χ2n) is 6.72. The molecule has 0 amide bonds. The van der Waals surface area contributed by atoms with Gasteiger partial charge < -0.3 is 9.47 Å². The Labute approximate surface area is 167 Å². The summed E-state index contributed by atoms with van der Waals surface area (Å²) >= 11 is 0. The van der Waals surface area contributed by atoms with Crippen LogP contribution in [-0.2, 0) is 22.7 Å². The summed E-state index contributed by atoms with van der Waals surface area (Å²) in [7, 11) is 0. The lowest BCUT2D eigenvalue weighted by Gasteiger charge is -2.16. The molecular weight excluding hydrogens is 346 g/mol. The first-order valence-corrected chi connectivity index (χ1v) is 9.66. The smallest absolute Gasteiger partial charge is 0.116 e. The minimum Gasteiger partial charge on any atom is -0.374 e. The van der Waals surface area contributed by atoms with Gasteiger partial charge in [-0.1, -0.05) is 91.0 Å². The summed E-state index contributed by atoms with van der Waals surface area (Å²) in [6.07, 6.45) is 1.68. The molecule has 0 heterocycles. The Hall–Kier alpha value is -2.75. The fourth-order valence-electron chi connectivity index (χ4n) is 2.82. The SMILES string of the molecule is C[C@@H](N=C[C@H](COCc1ccccc1)OCc1ccccc1)c1ccccc1. The van der Waals surface area contributed by atoms with Crippen LogP contribution in [0.15, 0.2) is 96.0 Å². The van der Waals surface area contributed by atoms with E-state index in [0.717, 1.165) is 11.1 Å². The van der Waals surface area contributed by atoms with Gasteiger partial charge in [0.2, 0.25) is 0 Å². The van der Waals surface area contributed by atoms with Gasteiger partial charge in [-0.15, -0.1) is 0 Å². The fraction of sp³-hybridized carbons (Fsp3) is 0.240. The molecule has 28 heavy (non-hydrogen) atoms. The van der Waals surface area contributed by atoms with Gasteiger partial charge >= 0.3 is 0 Å². The Morgan fingerprint density at radius 2 is 1.29 bits per heavy atom. The molecule has 3 rings (SSSR count). The van der Waals surface area contributed by atoms with Crippen molar-refractivity contribution in [2.75, 3.05) is 6.61 Å². The third kappa shape index (κ3) is 6.76. The van der Waals surface area contributed by atoms with E-state index in [2.05, 4.69) is 43.3 Å². The normalized spacial score (nSPS) is 13.5. The van der Waals surface area contributed by atoms with Crippen LogP contribution in [0.2, 0.25) is 0 Å². The second kappa shape index (κ2) is 11.2. The summed E-state index contributed by atoms with van der Waals surface area (Å²) in [5, 5.41) is 0. The van der Waals surface area contributed by atoms with E-state index >= 15 is 0 Å². The Kier molecular flexibility index (Phi) is 7.98. The van der Waals surface area contributed by atoms with Gasteiger partial charge in [0.25, 0.3) is 0 Å². The van der Waals surface area contributed by atoms with Gasteiger partial charge in [-0.3, -0.25) is 4.99 Å². The molecular formula is C25H27NO2. The van der Waals surface area contributed by atoms with Crippen molar-refractivity contribution < 1.29 is 9.47 Å². The van der Waals surface area contributed by atoms with Crippen LogP contribution in [-0.4, -0.2) is 18.9 Å². The van der Waals surface area contributed by atoms with E-state index in [1.807, 2.05) is 60.8 Å². The largest absolute Gasteiger partial charge is 0.374 e. The van der Waals surface area contributed by atoms with Gasteiger partial charge in [-0.25, -0.2) is 0 Å². The van der Waals surface area contributed by atoms with E-state index < -0.39 is 0 Å². The van der Waals surface area contributed by atoms with Crippen LogP contribution >= 0.6 is 0 Å². The number of nitrogens with zero attached hydrogens (tertiary/aromatic N) is 1. The van der Waals surface area contributed by atoms with Crippen molar-refractivity contribution in [1.82, 2.24) is 0 Å². The number of hydrogen-bond donors (Lipinski definition) is 0. The first kappa shape index (κ1) is 20.0. The van der Waals surface area contributed by atoms with E-state index in [0.29, 0.717) is 19.8 Å². The number of rotatable bonds is 10. The molecule has 144 valence electrons. The van der Waals surface area contributed by atoms with Gasteiger partial charge in [0.1, 0.15) is 6.10 Å². The second-order valence-corrected chi connectivity index (χ2v) is 6.72. The van der Waals surface area contributed by atoms with Gasteiger partial charge in [-0.05, 0) is 23.6 Å². The molecule has 2 atom stereocenters. The van der Waals surface area contributed by atoms with Crippen LogP contribution in [0, 0.1) is 0 Å². The molecule has 0 saturated carbocycles. The molecule has 0 unspecified atom stereocenters. The van der Waals surface area contributed by atoms with Crippen LogP contribution in [0.1, 0.15) is 29.7 Å². The molecule has 3 heteroatoms. The zero-order valence-electron chi connectivity index (χ0n) is 16.3. The van der Waals surface area contributed by atoms with Crippen LogP contribution in [0.3, 0.4) is 0 Å². The van der Waals surface area contributed by atoms with Crippen LogP contribution in [0.5, 0.6) is 0 Å². The molecule has 0 radical (unpaired) electrons. The van der Waals surface area contributed by atoms with Crippen LogP contribution < -0.4 is 0 Å². The molecule has 0 fully saturated rings. The van der Waals surface area contributed by atoms with Crippen molar-refractivity contribution in [2.45, 2.75) is 32.3 Å².